The van der Waals surface area contributed by atoms with Gasteiger partial charge in [-0.1, -0.05) is 0 Å². The summed E-state index contributed by atoms with van der Waals surface area (Å²) in [6.07, 6.45) is 7.18. The van der Waals surface area contributed by atoms with Crippen LogP contribution in [-0.4, -0.2) is 19.9 Å². The smallest absolute Gasteiger partial charge is 0.121 e. The summed E-state index contributed by atoms with van der Waals surface area (Å²) in [6.45, 7) is 0. The molecule has 0 N–H and O–H groups in total. The van der Waals surface area contributed by atoms with Crippen molar-refractivity contribution >= 4 is 11.0 Å². The van der Waals surface area contributed by atoms with Crippen LogP contribution in [0.1, 0.15) is 0 Å². The molecule has 0 spiro atoms. The molecule has 0 fully saturated rings. The Kier molecular flexibility index (Phi) is 1.04. The normalized spacial score (nSPS) is 10.0. The van der Waals surface area contributed by atoms with Gasteiger partial charge >= 0.3 is 0 Å². The first-order chi connectivity index (χ1) is 4.97. The van der Waals surface area contributed by atoms with Crippen molar-refractivity contribution in [3.05, 3.63) is 25.0 Å². The van der Waals surface area contributed by atoms with Crippen LogP contribution in [0.5, 0.6) is 0 Å². The number of hydrogen-bond donors (Lipinski definition) is 0. The van der Waals surface area contributed by atoms with E-state index < -0.39 is 0 Å². The van der Waals surface area contributed by atoms with Gasteiger partial charge < -0.3 is 0 Å². The van der Waals surface area contributed by atoms with Crippen LogP contribution in [0.3, 0.4) is 0 Å². The summed E-state index contributed by atoms with van der Waals surface area (Å²) in [5, 5.41) is 0. The molecule has 1 radical (unpaired) electrons. The lowest BCUT2D eigenvalue weighted by Gasteiger charge is -1.88. The molecule has 0 saturated carbocycles. The highest BCUT2D eigenvalue weighted by atomic mass is 14.9. The third kappa shape index (κ3) is 0.699. The van der Waals surface area contributed by atoms with Gasteiger partial charge in [0, 0.05) is 0 Å². The molecule has 0 atom stereocenters. The van der Waals surface area contributed by atoms with E-state index in [2.05, 4.69) is 26.1 Å². The Balaban J connectivity index is 2.89. The van der Waals surface area contributed by atoms with E-state index in [4.69, 9.17) is 0 Å². The maximum Gasteiger partial charge on any atom is 0.121 e. The van der Waals surface area contributed by atoms with Crippen LogP contribution >= 0.6 is 0 Å². The minimum Gasteiger partial charge on any atom is -0.243 e. The monoisotopic (exact) mass is 131 g/mol. The van der Waals surface area contributed by atoms with E-state index in [1.807, 2.05) is 0 Å². The first kappa shape index (κ1) is 5.22. The Morgan fingerprint density at radius 3 is 3.10 bits per heavy atom. The molecule has 2 aromatic rings. The average molecular weight is 131 g/mol. The fraction of sp³-hybridized carbons (Fsp3) is 0. The number of fused-ring (bicyclic) bond motifs is 1. The molecular weight excluding hydrogens is 128 g/mol. The first-order valence-corrected chi connectivity index (χ1v) is 2.75. The largest absolute Gasteiger partial charge is 0.243 e. The van der Waals surface area contributed by atoms with Gasteiger partial charge in [0.1, 0.15) is 29.9 Å². The quantitative estimate of drug-likeness (QED) is 0.513. The minimum atomic E-state index is 0.650. The van der Waals surface area contributed by atoms with Crippen LogP contribution < -0.4 is 0 Å². The van der Waals surface area contributed by atoms with Gasteiger partial charge in [-0.05, 0) is 0 Å². The molecule has 4 nitrogen and oxygen atoms in total. The predicted molar refractivity (Wildman–Crippen MR) is 34.0 cm³/mol. The lowest BCUT2D eigenvalue weighted by atomic mass is 10.4. The molecule has 0 amide bonds. The van der Waals surface area contributed by atoms with E-state index in [9.17, 15) is 0 Å². The summed E-state index contributed by atoms with van der Waals surface area (Å²) in [5.74, 6) is 0. The van der Waals surface area contributed by atoms with Gasteiger partial charge in [0.2, 0.25) is 0 Å². The number of aromatic nitrogens is 4. The maximum absolute atomic E-state index is 3.91. The van der Waals surface area contributed by atoms with Crippen molar-refractivity contribution in [1.82, 2.24) is 19.9 Å². The third-order valence-corrected chi connectivity index (χ3v) is 1.12. The standard InChI is InChI=1S/C6H3N4/c1-5-6(10-3-7-1)2-8-4-9-5/h1,3-4H. The second kappa shape index (κ2) is 1.98. The highest BCUT2D eigenvalue weighted by molar-refractivity contribution is 5.69. The highest BCUT2D eigenvalue weighted by Crippen LogP contribution is 1.99. The fourth-order valence-corrected chi connectivity index (χ4v) is 0.684. The Bertz CT molecular complexity index is 281. The lowest BCUT2D eigenvalue weighted by Crippen LogP contribution is -1.84. The molecule has 0 aliphatic carbocycles. The van der Waals surface area contributed by atoms with E-state index in [0.717, 1.165) is 5.52 Å². The van der Waals surface area contributed by atoms with Gasteiger partial charge in [-0.2, -0.15) is 0 Å². The van der Waals surface area contributed by atoms with Crippen molar-refractivity contribution in [2.45, 2.75) is 0 Å². The molecular formula is C6H3N4. The molecule has 2 rings (SSSR count). The topological polar surface area (TPSA) is 51.6 Å². The number of rotatable bonds is 0. The molecule has 0 aliphatic rings. The van der Waals surface area contributed by atoms with Crippen LogP contribution in [0.4, 0.5) is 0 Å². The Hall–Kier alpha value is -1.58. The summed E-state index contributed by atoms with van der Waals surface area (Å²) >= 11 is 0. The van der Waals surface area contributed by atoms with Crippen molar-refractivity contribution in [3.63, 3.8) is 0 Å². The van der Waals surface area contributed by atoms with E-state index in [-0.39, 0.29) is 0 Å². The minimum absolute atomic E-state index is 0.650. The van der Waals surface area contributed by atoms with Crippen LogP contribution in [0.15, 0.2) is 18.9 Å². The SMILES string of the molecule is [c]1ncnc2cncnc12. The zero-order chi connectivity index (χ0) is 6.81. The average Bonchev–Trinajstić information content (AvgIpc) is 2.05. The second-order valence-electron chi connectivity index (χ2n) is 1.74. The molecule has 0 unspecified atom stereocenters. The number of nitrogens with zero attached hydrogens (tertiary/aromatic N) is 4. The van der Waals surface area contributed by atoms with Crippen LogP contribution in [0, 0.1) is 6.20 Å². The zero-order valence-corrected chi connectivity index (χ0v) is 5.02. The molecule has 47 valence electrons. The second-order valence-corrected chi connectivity index (χ2v) is 1.74. The molecule has 0 aliphatic heterocycles. The van der Waals surface area contributed by atoms with Crippen LogP contribution in [0.25, 0.3) is 11.0 Å². The molecule has 0 aromatic carbocycles. The Morgan fingerprint density at radius 2 is 2.20 bits per heavy atom. The van der Waals surface area contributed by atoms with Gasteiger partial charge in [-0.3, -0.25) is 0 Å². The summed E-state index contributed by atoms with van der Waals surface area (Å²) in [5.41, 5.74) is 1.37. The summed E-state index contributed by atoms with van der Waals surface area (Å²) in [6, 6.07) is 0. The molecule has 2 heterocycles. The first-order valence-electron chi connectivity index (χ1n) is 2.75. The van der Waals surface area contributed by atoms with Crippen LogP contribution in [0.2, 0.25) is 0 Å². The third-order valence-electron chi connectivity index (χ3n) is 1.12. The van der Waals surface area contributed by atoms with Gasteiger partial charge in [-0.15, -0.1) is 0 Å². The molecule has 10 heavy (non-hydrogen) atoms. The Morgan fingerprint density at radius 1 is 1.20 bits per heavy atom. The van der Waals surface area contributed by atoms with Crippen LogP contribution in [-0.2, 0) is 0 Å². The van der Waals surface area contributed by atoms with Crippen molar-refractivity contribution in [2.24, 2.45) is 0 Å². The van der Waals surface area contributed by atoms with E-state index in [1.165, 1.54) is 12.7 Å². The van der Waals surface area contributed by atoms with E-state index >= 15 is 0 Å². The summed E-state index contributed by atoms with van der Waals surface area (Å²) < 4.78 is 0. The zero-order valence-electron chi connectivity index (χ0n) is 5.02. The maximum atomic E-state index is 3.91. The van der Waals surface area contributed by atoms with Gasteiger partial charge in [0.25, 0.3) is 0 Å². The van der Waals surface area contributed by atoms with Crippen molar-refractivity contribution < 1.29 is 0 Å². The summed E-state index contributed by atoms with van der Waals surface area (Å²) in [7, 11) is 0. The molecule has 0 saturated heterocycles. The van der Waals surface area contributed by atoms with E-state index in [0.29, 0.717) is 5.52 Å². The van der Waals surface area contributed by atoms with Crippen molar-refractivity contribution in [2.75, 3.05) is 0 Å². The van der Waals surface area contributed by atoms with Gasteiger partial charge in [-0.25, -0.2) is 19.9 Å². The Labute approximate surface area is 57.0 Å². The molecule has 2 aromatic heterocycles. The highest BCUT2D eigenvalue weighted by Gasteiger charge is 1.91. The predicted octanol–water partition coefficient (Wildman–Crippen LogP) is 0.220. The lowest BCUT2D eigenvalue weighted by molar-refractivity contribution is 1.14. The van der Waals surface area contributed by atoms with Gasteiger partial charge in [0.05, 0.1) is 6.20 Å². The van der Waals surface area contributed by atoms with Crippen molar-refractivity contribution in [3.8, 4) is 0 Å². The molecule has 0 bridgehead atoms. The van der Waals surface area contributed by atoms with E-state index in [1.54, 1.807) is 6.20 Å². The fourth-order valence-electron chi connectivity index (χ4n) is 0.684. The summed E-state index contributed by atoms with van der Waals surface area (Å²) in [4.78, 5) is 15.3. The van der Waals surface area contributed by atoms with Gasteiger partial charge in [0.15, 0.2) is 0 Å². The number of hydrogen-bond acceptors (Lipinski definition) is 4. The van der Waals surface area contributed by atoms with Crippen molar-refractivity contribution in [1.29, 1.82) is 0 Å². The molecule has 4 heteroatoms.